The quantitative estimate of drug-likeness (QED) is 0.704. The summed E-state index contributed by atoms with van der Waals surface area (Å²) in [6.07, 6.45) is 5.08. The first-order valence-electron chi connectivity index (χ1n) is 7.59. The van der Waals surface area contributed by atoms with Crippen molar-refractivity contribution in [2.75, 3.05) is 26.2 Å². The third kappa shape index (κ3) is 3.22. The molecule has 0 aromatic rings. The molecule has 0 aromatic heterocycles. The summed E-state index contributed by atoms with van der Waals surface area (Å²) in [7, 11) is -3.63. The van der Waals surface area contributed by atoms with Crippen LogP contribution >= 0.6 is 0 Å². The summed E-state index contributed by atoms with van der Waals surface area (Å²) in [6.45, 7) is 2.54. The van der Waals surface area contributed by atoms with E-state index in [0.717, 1.165) is 32.0 Å². The molecule has 2 aliphatic heterocycles. The topological polar surface area (TPSA) is 102 Å². The minimum absolute atomic E-state index is 0.328. The molecule has 2 saturated heterocycles. The van der Waals surface area contributed by atoms with Gasteiger partial charge in [-0.15, -0.1) is 0 Å². The second-order valence-electron chi connectivity index (χ2n) is 6.57. The summed E-state index contributed by atoms with van der Waals surface area (Å²) in [5.41, 5.74) is -0.328. The molecule has 3 fully saturated rings. The molecule has 0 aromatic carbocycles. The standard InChI is InChI=1S/C13H23N5O2S/c14-6-5-13(9-18(10-13)21(15,19)20)17-7-3-12(4-8-17)16-11-1-2-11/h11-12,16H,1-5,7-10H2,(H2,15,19,20). The number of hydrogen-bond donors (Lipinski definition) is 2. The van der Waals surface area contributed by atoms with E-state index in [1.165, 1.54) is 17.1 Å². The van der Waals surface area contributed by atoms with Crippen molar-refractivity contribution in [1.29, 1.82) is 5.26 Å². The number of nitrogens with zero attached hydrogens (tertiary/aromatic N) is 3. The number of hydrogen-bond acceptors (Lipinski definition) is 5. The second kappa shape index (κ2) is 5.48. The number of nitrogens with one attached hydrogen (secondary N) is 1. The van der Waals surface area contributed by atoms with Crippen LogP contribution in [0.4, 0.5) is 0 Å². The summed E-state index contributed by atoms with van der Waals surface area (Å²) >= 11 is 0. The molecule has 0 radical (unpaired) electrons. The number of nitrogens with two attached hydrogens (primary N) is 1. The molecule has 7 nitrogen and oxygen atoms in total. The maximum absolute atomic E-state index is 11.4. The lowest BCUT2D eigenvalue weighted by molar-refractivity contribution is -0.0255. The van der Waals surface area contributed by atoms with Crippen molar-refractivity contribution in [3.05, 3.63) is 0 Å². The smallest absolute Gasteiger partial charge is 0.277 e. The number of likely N-dealkylation sites (tertiary alicyclic amines) is 1. The Labute approximate surface area is 126 Å². The van der Waals surface area contributed by atoms with Crippen molar-refractivity contribution in [3.63, 3.8) is 0 Å². The molecular weight excluding hydrogens is 290 g/mol. The summed E-state index contributed by atoms with van der Waals surface area (Å²) in [4.78, 5) is 2.29. The highest BCUT2D eigenvalue weighted by Gasteiger charge is 2.51. The van der Waals surface area contributed by atoms with Gasteiger partial charge in [0.05, 0.1) is 18.0 Å². The molecule has 3 aliphatic rings. The van der Waals surface area contributed by atoms with E-state index in [1.807, 2.05) is 0 Å². The summed E-state index contributed by atoms with van der Waals surface area (Å²) in [5, 5.41) is 17.9. The van der Waals surface area contributed by atoms with E-state index in [0.29, 0.717) is 25.6 Å². The molecule has 1 aliphatic carbocycles. The van der Waals surface area contributed by atoms with Crippen LogP contribution in [-0.4, -0.2) is 61.4 Å². The predicted octanol–water partition coefficient (Wildman–Crippen LogP) is -0.626. The first-order chi connectivity index (χ1) is 9.93. The van der Waals surface area contributed by atoms with Gasteiger partial charge in [0.2, 0.25) is 0 Å². The average molecular weight is 313 g/mol. The lowest BCUT2D eigenvalue weighted by atomic mass is 9.84. The SMILES string of the molecule is N#CCC1(N2CCC(NC3CC3)CC2)CN(S(N)(=O)=O)C1. The van der Waals surface area contributed by atoms with Crippen molar-refractivity contribution in [2.24, 2.45) is 5.14 Å². The largest absolute Gasteiger partial charge is 0.311 e. The van der Waals surface area contributed by atoms with Crippen LogP contribution in [0.3, 0.4) is 0 Å². The molecule has 3 rings (SSSR count). The first kappa shape index (κ1) is 15.2. The number of piperidine rings is 1. The molecular formula is C13H23N5O2S. The van der Waals surface area contributed by atoms with Crippen molar-refractivity contribution >= 4 is 10.2 Å². The van der Waals surface area contributed by atoms with Gasteiger partial charge in [-0.05, 0) is 25.7 Å². The minimum Gasteiger partial charge on any atom is -0.311 e. The van der Waals surface area contributed by atoms with Gasteiger partial charge in [-0.1, -0.05) is 0 Å². The van der Waals surface area contributed by atoms with Gasteiger partial charge < -0.3 is 5.32 Å². The van der Waals surface area contributed by atoms with Crippen molar-refractivity contribution < 1.29 is 8.42 Å². The van der Waals surface area contributed by atoms with Crippen LogP contribution in [0.2, 0.25) is 0 Å². The third-order valence-corrected chi connectivity index (χ3v) is 5.90. The van der Waals surface area contributed by atoms with Gasteiger partial charge in [0.1, 0.15) is 0 Å². The maximum atomic E-state index is 11.4. The molecule has 0 atom stereocenters. The molecule has 118 valence electrons. The van der Waals surface area contributed by atoms with Crippen LogP contribution in [0.1, 0.15) is 32.1 Å². The van der Waals surface area contributed by atoms with E-state index in [9.17, 15) is 8.42 Å². The maximum Gasteiger partial charge on any atom is 0.277 e. The lowest BCUT2D eigenvalue weighted by Gasteiger charge is -2.55. The Hall–Kier alpha value is -0.720. The fourth-order valence-electron chi connectivity index (χ4n) is 3.46. The van der Waals surface area contributed by atoms with Crippen molar-refractivity contribution in [3.8, 4) is 6.07 Å². The third-order valence-electron chi connectivity index (χ3n) is 4.92. The fraction of sp³-hybridized carbons (Fsp3) is 0.923. The Morgan fingerprint density at radius 2 is 1.76 bits per heavy atom. The van der Waals surface area contributed by atoms with Crippen LogP contribution in [0.15, 0.2) is 0 Å². The molecule has 1 saturated carbocycles. The fourth-order valence-corrected chi connectivity index (χ4v) is 4.31. The summed E-state index contributed by atoms with van der Waals surface area (Å²) < 4.78 is 24.0. The molecule has 0 amide bonds. The highest BCUT2D eigenvalue weighted by atomic mass is 32.2. The Kier molecular flexibility index (Phi) is 3.96. The van der Waals surface area contributed by atoms with E-state index in [2.05, 4.69) is 16.3 Å². The molecule has 8 heteroatoms. The Balaban J connectivity index is 1.57. The monoisotopic (exact) mass is 313 g/mol. The Morgan fingerprint density at radius 3 is 2.24 bits per heavy atom. The minimum atomic E-state index is -3.63. The van der Waals surface area contributed by atoms with E-state index in [1.54, 1.807) is 0 Å². The number of nitriles is 1. The van der Waals surface area contributed by atoms with E-state index < -0.39 is 10.2 Å². The van der Waals surface area contributed by atoms with Gasteiger partial charge in [0.25, 0.3) is 10.2 Å². The molecule has 3 N–H and O–H groups in total. The van der Waals surface area contributed by atoms with Gasteiger partial charge in [-0.25, -0.2) is 5.14 Å². The summed E-state index contributed by atoms with van der Waals surface area (Å²) in [6, 6.07) is 3.50. The van der Waals surface area contributed by atoms with Gasteiger partial charge in [-0.3, -0.25) is 4.90 Å². The molecule has 0 unspecified atom stereocenters. The highest BCUT2D eigenvalue weighted by Crippen LogP contribution is 2.34. The summed E-state index contributed by atoms with van der Waals surface area (Å²) in [5.74, 6) is 0. The van der Waals surface area contributed by atoms with E-state index in [-0.39, 0.29) is 5.54 Å². The van der Waals surface area contributed by atoms with Crippen molar-refractivity contribution in [1.82, 2.24) is 14.5 Å². The van der Waals surface area contributed by atoms with Gasteiger partial charge >= 0.3 is 0 Å². The van der Waals surface area contributed by atoms with Crippen LogP contribution in [0, 0.1) is 11.3 Å². The predicted molar refractivity (Wildman–Crippen MR) is 78.4 cm³/mol. The van der Waals surface area contributed by atoms with Gasteiger partial charge in [0.15, 0.2) is 0 Å². The van der Waals surface area contributed by atoms with Gasteiger partial charge in [0, 0.05) is 38.3 Å². The molecule has 0 bridgehead atoms. The Morgan fingerprint density at radius 1 is 1.19 bits per heavy atom. The zero-order valence-electron chi connectivity index (χ0n) is 12.2. The molecule has 2 heterocycles. The zero-order valence-corrected chi connectivity index (χ0v) is 13.0. The van der Waals surface area contributed by atoms with Gasteiger partial charge in [-0.2, -0.15) is 18.0 Å². The zero-order chi connectivity index (χ0) is 15.1. The number of rotatable bonds is 5. The molecule has 21 heavy (non-hydrogen) atoms. The van der Waals surface area contributed by atoms with Crippen LogP contribution in [0.5, 0.6) is 0 Å². The van der Waals surface area contributed by atoms with E-state index in [4.69, 9.17) is 10.4 Å². The normalized spacial score (nSPS) is 28.0. The molecule has 0 spiro atoms. The van der Waals surface area contributed by atoms with Crippen LogP contribution < -0.4 is 10.5 Å². The highest BCUT2D eigenvalue weighted by molar-refractivity contribution is 7.86. The van der Waals surface area contributed by atoms with Crippen LogP contribution in [0.25, 0.3) is 0 Å². The van der Waals surface area contributed by atoms with Crippen LogP contribution in [-0.2, 0) is 10.2 Å². The lowest BCUT2D eigenvalue weighted by Crippen LogP contribution is -2.73. The van der Waals surface area contributed by atoms with Crippen molar-refractivity contribution in [2.45, 2.75) is 49.7 Å². The average Bonchev–Trinajstić information content (AvgIpc) is 3.17. The second-order valence-corrected chi connectivity index (χ2v) is 8.12. The first-order valence-corrected chi connectivity index (χ1v) is 9.09. The Bertz CT molecular complexity index is 525. The van der Waals surface area contributed by atoms with E-state index >= 15 is 0 Å².